The summed E-state index contributed by atoms with van der Waals surface area (Å²) >= 11 is 0. The van der Waals surface area contributed by atoms with Gasteiger partial charge in [-0.15, -0.1) is 0 Å². The zero-order valence-electron chi connectivity index (χ0n) is 10.7. The van der Waals surface area contributed by atoms with Crippen LogP contribution >= 0.6 is 0 Å². The Morgan fingerprint density at radius 1 is 1.22 bits per heavy atom. The molecule has 0 saturated heterocycles. The Bertz CT molecular complexity index is 517. The molecule has 1 aromatic carbocycles. The first-order valence-electron chi connectivity index (χ1n) is 6.00. The number of aryl methyl sites for hydroxylation is 2. The molecule has 0 bridgehead atoms. The van der Waals surface area contributed by atoms with E-state index in [4.69, 9.17) is 5.11 Å². The Balaban J connectivity index is 2.25. The van der Waals surface area contributed by atoms with Gasteiger partial charge in [-0.05, 0) is 19.9 Å². The molecule has 2 N–H and O–H groups in total. The van der Waals surface area contributed by atoms with Gasteiger partial charge < -0.3 is 10.2 Å². The molecule has 0 aliphatic heterocycles. The van der Waals surface area contributed by atoms with Crippen LogP contribution in [0.25, 0.3) is 11.3 Å². The molecule has 0 aliphatic rings. The number of aliphatic hydroxyl groups excluding tert-OH is 2. The Labute approximate surface area is 107 Å². The molecular weight excluding hydrogens is 228 g/mol. The van der Waals surface area contributed by atoms with Crippen LogP contribution in [0.3, 0.4) is 0 Å². The van der Waals surface area contributed by atoms with Crippen LogP contribution in [0.5, 0.6) is 0 Å². The van der Waals surface area contributed by atoms with Gasteiger partial charge in [0.2, 0.25) is 0 Å². The van der Waals surface area contributed by atoms with E-state index in [1.807, 2.05) is 44.2 Å². The quantitative estimate of drug-likeness (QED) is 0.860. The van der Waals surface area contributed by atoms with Crippen LogP contribution in [0.1, 0.15) is 11.3 Å². The molecule has 0 radical (unpaired) electrons. The number of hydrogen-bond donors (Lipinski definition) is 2. The van der Waals surface area contributed by atoms with Crippen molar-refractivity contribution in [3.05, 3.63) is 41.6 Å². The Hall–Kier alpha value is -1.65. The third-order valence-corrected chi connectivity index (χ3v) is 2.92. The van der Waals surface area contributed by atoms with E-state index >= 15 is 0 Å². The first-order chi connectivity index (χ1) is 8.60. The lowest BCUT2D eigenvalue weighted by Gasteiger charge is -2.08. The van der Waals surface area contributed by atoms with Crippen molar-refractivity contribution in [2.75, 3.05) is 6.61 Å². The van der Waals surface area contributed by atoms with Gasteiger partial charge in [-0.25, -0.2) is 0 Å². The normalized spacial score (nSPS) is 12.7. The van der Waals surface area contributed by atoms with E-state index in [-0.39, 0.29) is 6.61 Å². The van der Waals surface area contributed by atoms with Gasteiger partial charge in [0, 0.05) is 11.3 Å². The molecule has 0 saturated carbocycles. The van der Waals surface area contributed by atoms with Gasteiger partial charge in [0.25, 0.3) is 0 Å². The molecular formula is C14H18N2O2. The molecule has 1 atom stereocenters. The van der Waals surface area contributed by atoms with E-state index in [1.54, 1.807) is 4.68 Å². The van der Waals surface area contributed by atoms with Crippen molar-refractivity contribution in [2.24, 2.45) is 0 Å². The SMILES string of the molecule is Cc1ccc(-c2cc(C)n(CC(O)CO)n2)cc1. The summed E-state index contributed by atoms with van der Waals surface area (Å²) in [6.07, 6.45) is -0.769. The largest absolute Gasteiger partial charge is 0.394 e. The van der Waals surface area contributed by atoms with E-state index in [9.17, 15) is 5.11 Å². The molecule has 0 amide bonds. The van der Waals surface area contributed by atoms with Crippen molar-refractivity contribution in [2.45, 2.75) is 26.5 Å². The van der Waals surface area contributed by atoms with Gasteiger partial charge in [0.15, 0.2) is 0 Å². The minimum atomic E-state index is -0.769. The first kappa shape index (κ1) is 12.8. The summed E-state index contributed by atoms with van der Waals surface area (Å²) in [4.78, 5) is 0. The highest BCUT2D eigenvalue weighted by Crippen LogP contribution is 2.19. The lowest BCUT2D eigenvalue weighted by molar-refractivity contribution is 0.0778. The van der Waals surface area contributed by atoms with E-state index in [0.717, 1.165) is 17.0 Å². The lowest BCUT2D eigenvalue weighted by Crippen LogP contribution is -2.21. The zero-order valence-corrected chi connectivity index (χ0v) is 10.7. The molecule has 96 valence electrons. The second-order valence-electron chi connectivity index (χ2n) is 4.56. The van der Waals surface area contributed by atoms with Crippen LogP contribution in [0.2, 0.25) is 0 Å². The number of aliphatic hydroxyl groups is 2. The maximum Gasteiger partial charge on any atom is 0.0966 e. The van der Waals surface area contributed by atoms with Crippen molar-refractivity contribution in [1.29, 1.82) is 0 Å². The predicted molar refractivity (Wildman–Crippen MR) is 70.2 cm³/mol. The highest BCUT2D eigenvalue weighted by molar-refractivity contribution is 5.59. The number of rotatable bonds is 4. The molecule has 0 aliphatic carbocycles. The fourth-order valence-electron chi connectivity index (χ4n) is 1.82. The fraction of sp³-hybridized carbons (Fsp3) is 0.357. The molecule has 1 aromatic heterocycles. The van der Waals surface area contributed by atoms with Gasteiger partial charge in [-0.1, -0.05) is 29.8 Å². The summed E-state index contributed by atoms with van der Waals surface area (Å²) in [5.41, 5.74) is 4.13. The van der Waals surface area contributed by atoms with Crippen LogP contribution in [0.4, 0.5) is 0 Å². The van der Waals surface area contributed by atoms with Crippen LogP contribution in [0, 0.1) is 13.8 Å². The van der Waals surface area contributed by atoms with Gasteiger partial charge in [0.1, 0.15) is 0 Å². The van der Waals surface area contributed by atoms with Crippen molar-refractivity contribution < 1.29 is 10.2 Å². The highest BCUT2D eigenvalue weighted by Gasteiger charge is 2.09. The first-order valence-corrected chi connectivity index (χ1v) is 6.00. The van der Waals surface area contributed by atoms with Crippen molar-refractivity contribution in [1.82, 2.24) is 9.78 Å². The minimum Gasteiger partial charge on any atom is -0.394 e. The molecule has 0 spiro atoms. The number of aromatic nitrogens is 2. The second kappa shape index (κ2) is 5.33. The summed E-state index contributed by atoms with van der Waals surface area (Å²) in [6, 6.07) is 10.1. The summed E-state index contributed by atoms with van der Waals surface area (Å²) in [5, 5.41) is 22.7. The van der Waals surface area contributed by atoms with E-state index < -0.39 is 6.10 Å². The Kier molecular flexibility index (Phi) is 3.79. The topological polar surface area (TPSA) is 58.3 Å². The Morgan fingerprint density at radius 3 is 2.50 bits per heavy atom. The third-order valence-electron chi connectivity index (χ3n) is 2.92. The van der Waals surface area contributed by atoms with Crippen LogP contribution in [-0.4, -0.2) is 32.7 Å². The predicted octanol–water partition coefficient (Wildman–Crippen LogP) is 1.52. The molecule has 2 rings (SSSR count). The number of nitrogens with zero attached hydrogens (tertiary/aromatic N) is 2. The zero-order chi connectivity index (χ0) is 13.1. The van der Waals surface area contributed by atoms with Crippen molar-refractivity contribution >= 4 is 0 Å². The van der Waals surface area contributed by atoms with E-state index in [0.29, 0.717) is 6.54 Å². The molecule has 4 heteroatoms. The molecule has 2 aromatic rings. The average molecular weight is 246 g/mol. The number of hydrogen-bond acceptors (Lipinski definition) is 3. The molecule has 0 fully saturated rings. The Morgan fingerprint density at radius 2 is 1.89 bits per heavy atom. The van der Waals surface area contributed by atoms with Crippen LogP contribution in [-0.2, 0) is 6.54 Å². The fourth-order valence-corrected chi connectivity index (χ4v) is 1.82. The molecule has 18 heavy (non-hydrogen) atoms. The van der Waals surface area contributed by atoms with Gasteiger partial charge >= 0.3 is 0 Å². The maximum absolute atomic E-state index is 9.44. The van der Waals surface area contributed by atoms with Crippen LogP contribution < -0.4 is 0 Å². The molecule has 4 nitrogen and oxygen atoms in total. The summed E-state index contributed by atoms with van der Waals surface area (Å²) in [6.45, 7) is 4.05. The third kappa shape index (κ3) is 2.78. The minimum absolute atomic E-state index is 0.251. The monoisotopic (exact) mass is 246 g/mol. The van der Waals surface area contributed by atoms with Gasteiger partial charge in [-0.2, -0.15) is 5.10 Å². The van der Waals surface area contributed by atoms with Crippen molar-refractivity contribution in [3.63, 3.8) is 0 Å². The van der Waals surface area contributed by atoms with E-state index in [1.165, 1.54) is 5.56 Å². The van der Waals surface area contributed by atoms with Gasteiger partial charge in [0.05, 0.1) is 24.9 Å². The maximum atomic E-state index is 9.44. The van der Waals surface area contributed by atoms with E-state index in [2.05, 4.69) is 5.10 Å². The summed E-state index contributed by atoms with van der Waals surface area (Å²) in [5.74, 6) is 0. The van der Waals surface area contributed by atoms with Gasteiger partial charge in [-0.3, -0.25) is 4.68 Å². The average Bonchev–Trinajstić information content (AvgIpc) is 2.71. The van der Waals surface area contributed by atoms with Crippen LogP contribution in [0.15, 0.2) is 30.3 Å². The highest BCUT2D eigenvalue weighted by atomic mass is 16.3. The smallest absolute Gasteiger partial charge is 0.0966 e. The second-order valence-corrected chi connectivity index (χ2v) is 4.56. The lowest BCUT2D eigenvalue weighted by atomic mass is 10.1. The molecule has 1 unspecified atom stereocenters. The number of benzene rings is 1. The standard InChI is InChI=1S/C14H18N2O2/c1-10-3-5-12(6-4-10)14-7-11(2)16(15-14)8-13(18)9-17/h3-7,13,17-18H,8-9H2,1-2H3. The molecule has 1 heterocycles. The summed E-state index contributed by atoms with van der Waals surface area (Å²) in [7, 11) is 0. The van der Waals surface area contributed by atoms with Crippen molar-refractivity contribution in [3.8, 4) is 11.3 Å². The summed E-state index contributed by atoms with van der Waals surface area (Å²) < 4.78 is 1.72.